The molecule has 2 rings (SSSR count). The normalized spacial score (nSPS) is 16.3. The van der Waals surface area contributed by atoms with Crippen LogP contribution >= 0.6 is 23.2 Å². The lowest BCUT2D eigenvalue weighted by molar-refractivity contribution is -0.147. The first-order chi connectivity index (χ1) is 8.56. The number of hydrogen-bond acceptors (Lipinski definition) is 3. The van der Waals surface area contributed by atoms with E-state index in [1.165, 1.54) is 0 Å². The molecule has 1 aromatic rings. The topological polar surface area (TPSA) is 49.8 Å². The molecule has 0 atom stereocenters. The first-order valence-electron chi connectivity index (χ1n) is 5.59. The number of likely N-dealkylation sites (tertiary alicyclic amines) is 1. The van der Waals surface area contributed by atoms with Gasteiger partial charge in [-0.2, -0.15) is 0 Å². The Labute approximate surface area is 115 Å². The highest BCUT2D eigenvalue weighted by atomic mass is 35.5. The molecule has 18 heavy (non-hydrogen) atoms. The highest BCUT2D eigenvalue weighted by Gasteiger charge is 2.31. The van der Waals surface area contributed by atoms with Crippen LogP contribution in [0.15, 0.2) is 18.2 Å². The Hall–Kier alpha value is -0.970. The maximum atomic E-state index is 10.6. The standard InChI is InChI=1S/C12H13Cl2NO3/c13-9-1-2-11(10(14)5-9)18-4-3-15-6-8(7-15)12(16)17/h1-2,5,8H,3-4,6-7H2,(H,16,17). The monoisotopic (exact) mass is 289 g/mol. The summed E-state index contributed by atoms with van der Waals surface area (Å²) in [6, 6.07) is 5.07. The Morgan fingerprint density at radius 2 is 2.17 bits per heavy atom. The van der Waals surface area contributed by atoms with Gasteiger partial charge in [0.1, 0.15) is 12.4 Å². The predicted octanol–water partition coefficient (Wildman–Crippen LogP) is 2.39. The molecule has 0 saturated carbocycles. The summed E-state index contributed by atoms with van der Waals surface area (Å²) < 4.78 is 5.51. The van der Waals surface area contributed by atoms with Crippen LogP contribution in [0.5, 0.6) is 5.75 Å². The van der Waals surface area contributed by atoms with Crippen LogP contribution in [0.3, 0.4) is 0 Å². The first kappa shape index (κ1) is 13.5. The molecule has 98 valence electrons. The van der Waals surface area contributed by atoms with E-state index in [0.717, 1.165) is 0 Å². The van der Waals surface area contributed by atoms with E-state index in [9.17, 15) is 4.79 Å². The molecule has 1 N–H and O–H groups in total. The molecule has 1 heterocycles. The molecular weight excluding hydrogens is 277 g/mol. The van der Waals surface area contributed by atoms with Gasteiger partial charge in [-0.3, -0.25) is 9.69 Å². The fourth-order valence-corrected chi connectivity index (χ4v) is 2.25. The van der Waals surface area contributed by atoms with Gasteiger partial charge in [-0.25, -0.2) is 0 Å². The van der Waals surface area contributed by atoms with Crippen molar-refractivity contribution in [3.8, 4) is 5.75 Å². The first-order valence-corrected chi connectivity index (χ1v) is 6.35. The van der Waals surface area contributed by atoms with Gasteiger partial charge < -0.3 is 9.84 Å². The van der Waals surface area contributed by atoms with E-state index in [-0.39, 0.29) is 5.92 Å². The van der Waals surface area contributed by atoms with E-state index in [1.807, 2.05) is 4.90 Å². The number of benzene rings is 1. The van der Waals surface area contributed by atoms with E-state index < -0.39 is 5.97 Å². The van der Waals surface area contributed by atoms with E-state index in [1.54, 1.807) is 18.2 Å². The number of aliphatic carboxylic acids is 1. The number of carboxylic acid groups (broad SMARTS) is 1. The van der Waals surface area contributed by atoms with Crippen molar-refractivity contribution >= 4 is 29.2 Å². The zero-order chi connectivity index (χ0) is 13.1. The number of rotatable bonds is 5. The maximum Gasteiger partial charge on any atom is 0.309 e. The van der Waals surface area contributed by atoms with Crippen LogP contribution in [-0.4, -0.2) is 42.2 Å². The van der Waals surface area contributed by atoms with Crippen molar-refractivity contribution in [3.05, 3.63) is 28.2 Å². The van der Waals surface area contributed by atoms with E-state index in [2.05, 4.69) is 0 Å². The summed E-state index contributed by atoms with van der Waals surface area (Å²) in [5, 5.41) is 9.78. The molecule has 1 aromatic carbocycles. The van der Waals surface area contributed by atoms with Gasteiger partial charge in [-0.1, -0.05) is 23.2 Å². The zero-order valence-electron chi connectivity index (χ0n) is 9.60. The molecule has 1 fully saturated rings. The van der Waals surface area contributed by atoms with Crippen molar-refractivity contribution in [2.45, 2.75) is 0 Å². The van der Waals surface area contributed by atoms with Gasteiger partial charge in [0, 0.05) is 24.7 Å². The fraction of sp³-hybridized carbons (Fsp3) is 0.417. The molecule has 6 heteroatoms. The molecular formula is C12H13Cl2NO3. The second kappa shape index (κ2) is 5.78. The number of ether oxygens (including phenoxy) is 1. The van der Waals surface area contributed by atoms with Crippen LogP contribution in [0.1, 0.15) is 0 Å². The number of nitrogens with zero attached hydrogens (tertiary/aromatic N) is 1. The predicted molar refractivity (Wildman–Crippen MR) is 69.5 cm³/mol. The van der Waals surface area contributed by atoms with Crippen molar-refractivity contribution < 1.29 is 14.6 Å². The number of hydrogen-bond donors (Lipinski definition) is 1. The smallest absolute Gasteiger partial charge is 0.309 e. The third-order valence-electron chi connectivity index (χ3n) is 2.87. The molecule has 4 nitrogen and oxygen atoms in total. The third-order valence-corrected chi connectivity index (χ3v) is 3.40. The minimum atomic E-state index is -0.729. The van der Waals surface area contributed by atoms with Crippen LogP contribution in [0.25, 0.3) is 0 Å². The van der Waals surface area contributed by atoms with Gasteiger partial charge in [0.15, 0.2) is 0 Å². The lowest BCUT2D eigenvalue weighted by atomic mass is 10.0. The minimum Gasteiger partial charge on any atom is -0.491 e. The Morgan fingerprint density at radius 1 is 1.44 bits per heavy atom. The Balaban J connectivity index is 1.72. The summed E-state index contributed by atoms with van der Waals surface area (Å²) >= 11 is 11.7. The average Bonchev–Trinajstić information content (AvgIpc) is 2.23. The Kier molecular flexibility index (Phi) is 4.32. The van der Waals surface area contributed by atoms with Gasteiger partial charge in [0.2, 0.25) is 0 Å². The SMILES string of the molecule is O=C(O)C1CN(CCOc2ccc(Cl)cc2Cl)C1. The maximum absolute atomic E-state index is 10.6. The summed E-state index contributed by atoms with van der Waals surface area (Å²) in [6.45, 7) is 2.36. The third kappa shape index (κ3) is 3.28. The van der Waals surface area contributed by atoms with E-state index in [4.69, 9.17) is 33.0 Å². The highest BCUT2D eigenvalue weighted by Crippen LogP contribution is 2.27. The van der Waals surface area contributed by atoms with Crippen LogP contribution < -0.4 is 4.74 Å². The number of halogens is 2. The lowest BCUT2D eigenvalue weighted by Crippen LogP contribution is -2.51. The summed E-state index contributed by atoms with van der Waals surface area (Å²) in [4.78, 5) is 12.6. The Morgan fingerprint density at radius 3 is 2.78 bits per heavy atom. The molecule has 0 aromatic heterocycles. The Bertz CT molecular complexity index is 447. The van der Waals surface area contributed by atoms with Crippen molar-refractivity contribution in [1.29, 1.82) is 0 Å². The van der Waals surface area contributed by atoms with E-state index in [0.29, 0.717) is 42.0 Å². The second-order valence-electron chi connectivity index (χ2n) is 4.22. The molecule has 0 spiro atoms. The minimum absolute atomic E-state index is 0.232. The van der Waals surface area contributed by atoms with Gasteiger partial charge in [-0.15, -0.1) is 0 Å². The van der Waals surface area contributed by atoms with Gasteiger partial charge in [-0.05, 0) is 18.2 Å². The molecule has 0 unspecified atom stereocenters. The average molecular weight is 290 g/mol. The van der Waals surface area contributed by atoms with Crippen molar-refractivity contribution in [2.75, 3.05) is 26.2 Å². The molecule has 1 saturated heterocycles. The van der Waals surface area contributed by atoms with Crippen molar-refractivity contribution in [1.82, 2.24) is 4.90 Å². The van der Waals surface area contributed by atoms with Crippen LogP contribution in [-0.2, 0) is 4.79 Å². The largest absolute Gasteiger partial charge is 0.491 e. The summed E-state index contributed by atoms with van der Waals surface area (Å²) in [5.41, 5.74) is 0. The van der Waals surface area contributed by atoms with Crippen molar-refractivity contribution in [2.24, 2.45) is 5.92 Å². The van der Waals surface area contributed by atoms with Crippen molar-refractivity contribution in [3.63, 3.8) is 0 Å². The van der Waals surface area contributed by atoms with Crippen LogP contribution in [0.2, 0.25) is 10.0 Å². The molecule has 0 aliphatic carbocycles. The summed E-state index contributed by atoms with van der Waals surface area (Å²) in [6.07, 6.45) is 0. The number of carboxylic acids is 1. The molecule has 0 radical (unpaired) electrons. The molecule has 1 aliphatic rings. The van der Waals surface area contributed by atoms with E-state index >= 15 is 0 Å². The zero-order valence-corrected chi connectivity index (χ0v) is 11.1. The summed E-state index contributed by atoms with van der Waals surface area (Å²) in [5.74, 6) is -0.367. The van der Waals surface area contributed by atoms with Gasteiger partial charge >= 0.3 is 5.97 Å². The molecule has 0 bridgehead atoms. The highest BCUT2D eigenvalue weighted by molar-refractivity contribution is 6.35. The number of carbonyl (C=O) groups is 1. The lowest BCUT2D eigenvalue weighted by Gasteiger charge is -2.36. The van der Waals surface area contributed by atoms with Gasteiger partial charge in [0.05, 0.1) is 10.9 Å². The fourth-order valence-electron chi connectivity index (χ4n) is 1.79. The van der Waals surface area contributed by atoms with Crippen LogP contribution in [0.4, 0.5) is 0 Å². The summed E-state index contributed by atoms with van der Waals surface area (Å²) in [7, 11) is 0. The molecule has 1 aliphatic heterocycles. The van der Waals surface area contributed by atoms with Crippen LogP contribution in [0, 0.1) is 5.92 Å². The second-order valence-corrected chi connectivity index (χ2v) is 5.06. The molecule has 0 amide bonds. The quantitative estimate of drug-likeness (QED) is 0.904. The van der Waals surface area contributed by atoms with Gasteiger partial charge in [0.25, 0.3) is 0 Å².